The van der Waals surface area contributed by atoms with Crippen LogP contribution in [-0.2, 0) is 11.3 Å². The van der Waals surface area contributed by atoms with Crippen molar-refractivity contribution in [2.45, 2.75) is 25.4 Å². The number of halogens is 2. The highest BCUT2D eigenvalue weighted by molar-refractivity contribution is 9.10. The number of likely N-dealkylation sites (tertiary alicyclic amines) is 1. The molecule has 0 radical (unpaired) electrons. The van der Waals surface area contributed by atoms with Crippen LogP contribution in [0.5, 0.6) is 0 Å². The van der Waals surface area contributed by atoms with Gasteiger partial charge in [0.1, 0.15) is 0 Å². The minimum absolute atomic E-state index is 0. The van der Waals surface area contributed by atoms with Gasteiger partial charge in [-0.05, 0) is 31.5 Å². The fraction of sp³-hybridized carbons (Fsp3) is 0.562. The van der Waals surface area contributed by atoms with Gasteiger partial charge in [-0.25, -0.2) is 0 Å². The van der Waals surface area contributed by atoms with E-state index in [4.69, 9.17) is 0 Å². The van der Waals surface area contributed by atoms with Crippen LogP contribution in [0.3, 0.4) is 0 Å². The van der Waals surface area contributed by atoms with E-state index in [0.29, 0.717) is 19.1 Å². The molecule has 0 unspecified atom stereocenters. The fourth-order valence-electron chi connectivity index (χ4n) is 2.66. The van der Waals surface area contributed by atoms with Gasteiger partial charge in [-0.3, -0.25) is 9.69 Å². The van der Waals surface area contributed by atoms with Gasteiger partial charge in [-0.15, -0.1) is 12.4 Å². The van der Waals surface area contributed by atoms with E-state index in [2.05, 4.69) is 26.1 Å². The number of nitrogens with one attached hydrogen (secondary N) is 1. The molecule has 1 aromatic rings. The Labute approximate surface area is 147 Å². The van der Waals surface area contributed by atoms with Crippen molar-refractivity contribution in [3.8, 4) is 0 Å². The summed E-state index contributed by atoms with van der Waals surface area (Å²) in [4.78, 5) is 16.4. The maximum atomic E-state index is 12.3. The third-order valence-corrected chi connectivity index (χ3v) is 4.92. The number of benzene rings is 1. The SMILES string of the molecule is CNC1CCN(CC(=O)N(C)Cc2ccccc2Br)CC1.Cl. The van der Waals surface area contributed by atoms with Crippen molar-refractivity contribution in [3.05, 3.63) is 34.3 Å². The molecule has 2 rings (SSSR count). The number of nitrogens with zero attached hydrogens (tertiary/aromatic N) is 2. The van der Waals surface area contributed by atoms with Gasteiger partial charge in [0.05, 0.1) is 6.54 Å². The zero-order valence-electron chi connectivity index (χ0n) is 13.2. The predicted octanol–water partition coefficient (Wildman–Crippen LogP) is 2.51. The molecule has 0 atom stereocenters. The Morgan fingerprint density at radius 3 is 2.59 bits per heavy atom. The second-order valence-electron chi connectivity index (χ2n) is 5.68. The summed E-state index contributed by atoms with van der Waals surface area (Å²) >= 11 is 3.53. The number of hydrogen-bond acceptors (Lipinski definition) is 3. The molecule has 0 aromatic heterocycles. The maximum Gasteiger partial charge on any atom is 0.236 e. The highest BCUT2D eigenvalue weighted by Crippen LogP contribution is 2.17. The Morgan fingerprint density at radius 1 is 1.36 bits per heavy atom. The molecule has 124 valence electrons. The molecule has 1 amide bonds. The highest BCUT2D eigenvalue weighted by Gasteiger charge is 2.21. The topological polar surface area (TPSA) is 35.6 Å². The van der Waals surface area contributed by atoms with Crippen LogP contribution in [0, 0.1) is 0 Å². The van der Waals surface area contributed by atoms with Gasteiger partial charge in [-0.1, -0.05) is 34.1 Å². The molecule has 0 saturated carbocycles. The Hall–Kier alpha value is -0.620. The van der Waals surface area contributed by atoms with Gasteiger partial charge in [0.15, 0.2) is 0 Å². The normalized spacial score (nSPS) is 16.1. The summed E-state index contributed by atoms with van der Waals surface area (Å²) in [5.74, 6) is 0.189. The predicted molar refractivity (Wildman–Crippen MR) is 96.4 cm³/mol. The van der Waals surface area contributed by atoms with Crippen LogP contribution in [0.15, 0.2) is 28.7 Å². The molecule has 1 heterocycles. The minimum Gasteiger partial charge on any atom is -0.340 e. The van der Waals surface area contributed by atoms with Crippen LogP contribution < -0.4 is 5.32 Å². The van der Waals surface area contributed by atoms with Crippen molar-refractivity contribution < 1.29 is 4.79 Å². The van der Waals surface area contributed by atoms with Gasteiger partial charge in [0, 0.05) is 37.2 Å². The number of likely N-dealkylation sites (N-methyl/N-ethyl adjacent to an activating group) is 1. The largest absolute Gasteiger partial charge is 0.340 e. The second kappa shape index (κ2) is 9.50. The molecule has 0 aliphatic carbocycles. The van der Waals surface area contributed by atoms with Crippen molar-refractivity contribution in [3.63, 3.8) is 0 Å². The lowest BCUT2D eigenvalue weighted by Gasteiger charge is -2.32. The van der Waals surface area contributed by atoms with Gasteiger partial charge < -0.3 is 10.2 Å². The van der Waals surface area contributed by atoms with E-state index in [1.54, 1.807) is 0 Å². The Balaban J connectivity index is 0.00000242. The standard InChI is InChI=1S/C16H24BrN3O.ClH/c1-18-14-7-9-20(10-8-14)12-16(21)19(2)11-13-5-3-4-6-15(13)17;/h3-6,14,18H,7-12H2,1-2H3;1H. The van der Waals surface area contributed by atoms with Crippen LogP contribution in [0.2, 0.25) is 0 Å². The summed E-state index contributed by atoms with van der Waals surface area (Å²) in [6.45, 7) is 3.17. The summed E-state index contributed by atoms with van der Waals surface area (Å²) in [5.41, 5.74) is 1.14. The third-order valence-electron chi connectivity index (χ3n) is 4.15. The Bertz CT molecular complexity index is 478. The zero-order chi connectivity index (χ0) is 15.2. The Kier molecular flexibility index (Phi) is 8.39. The van der Waals surface area contributed by atoms with Gasteiger partial charge in [0.2, 0.25) is 5.91 Å². The number of amides is 1. The molecule has 1 aliphatic rings. The van der Waals surface area contributed by atoms with E-state index >= 15 is 0 Å². The van der Waals surface area contributed by atoms with Gasteiger partial charge in [0.25, 0.3) is 0 Å². The number of carbonyl (C=O) groups excluding carboxylic acids is 1. The van der Waals surface area contributed by atoms with E-state index in [-0.39, 0.29) is 18.3 Å². The smallest absolute Gasteiger partial charge is 0.236 e. The number of rotatable bonds is 5. The summed E-state index contributed by atoms with van der Waals surface area (Å²) in [6, 6.07) is 8.65. The van der Waals surface area contributed by atoms with E-state index in [9.17, 15) is 4.79 Å². The highest BCUT2D eigenvalue weighted by atomic mass is 79.9. The van der Waals surface area contributed by atoms with Crippen LogP contribution in [0.25, 0.3) is 0 Å². The van der Waals surface area contributed by atoms with Crippen LogP contribution in [0.4, 0.5) is 0 Å². The summed E-state index contributed by atoms with van der Waals surface area (Å²) < 4.78 is 1.06. The number of piperidine rings is 1. The molecule has 6 heteroatoms. The average Bonchev–Trinajstić information content (AvgIpc) is 2.50. The van der Waals surface area contributed by atoms with Gasteiger partial charge in [-0.2, -0.15) is 0 Å². The molecular formula is C16H25BrClN3O. The average molecular weight is 391 g/mol. The summed E-state index contributed by atoms with van der Waals surface area (Å²) in [6.07, 6.45) is 2.25. The third kappa shape index (κ3) is 5.54. The van der Waals surface area contributed by atoms with E-state index in [0.717, 1.165) is 36.0 Å². The van der Waals surface area contributed by atoms with Crippen molar-refractivity contribution in [1.82, 2.24) is 15.1 Å². The van der Waals surface area contributed by atoms with E-state index in [1.807, 2.05) is 43.3 Å². The van der Waals surface area contributed by atoms with Crippen molar-refractivity contribution >= 4 is 34.2 Å². The maximum absolute atomic E-state index is 12.3. The quantitative estimate of drug-likeness (QED) is 0.839. The zero-order valence-corrected chi connectivity index (χ0v) is 15.6. The Morgan fingerprint density at radius 2 is 2.00 bits per heavy atom. The number of hydrogen-bond donors (Lipinski definition) is 1. The second-order valence-corrected chi connectivity index (χ2v) is 6.53. The van der Waals surface area contributed by atoms with Crippen LogP contribution in [0.1, 0.15) is 18.4 Å². The van der Waals surface area contributed by atoms with Crippen molar-refractivity contribution in [1.29, 1.82) is 0 Å². The monoisotopic (exact) mass is 389 g/mol. The minimum atomic E-state index is 0. The summed E-state index contributed by atoms with van der Waals surface area (Å²) in [7, 11) is 3.89. The molecule has 1 aromatic carbocycles. The molecule has 4 nitrogen and oxygen atoms in total. The molecule has 1 saturated heterocycles. The lowest BCUT2D eigenvalue weighted by molar-refractivity contribution is -0.131. The van der Waals surface area contributed by atoms with E-state index < -0.39 is 0 Å². The molecular weight excluding hydrogens is 366 g/mol. The summed E-state index contributed by atoms with van der Waals surface area (Å²) in [5, 5.41) is 3.31. The van der Waals surface area contributed by atoms with Crippen molar-refractivity contribution in [2.75, 3.05) is 33.7 Å². The molecule has 0 spiro atoms. The molecule has 1 N–H and O–H groups in total. The molecule has 1 fully saturated rings. The fourth-order valence-corrected chi connectivity index (χ4v) is 3.07. The molecule has 22 heavy (non-hydrogen) atoms. The van der Waals surface area contributed by atoms with Gasteiger partial charge >= 0.3 is 0 Å². The lowest BCUT2D eigenvalue weighted by atomic mass is 10.1. The van der Waals surface area contributed by atoms with Crippen LogP contribution >= 0.6 is 28.3 Å². The van der Waals surface area contributed by atoms with E-state index in [1.165, 1.54) is 0 Å². The molecule has 0 bridgehead atoms. The van der Waals surface area contributed by atoms with Crippen LogP contribution in [-0.4, -0.2) is 55.5 Å². The number of carbonyl (C=O) groups is 1. The first kappa shape index (κ1) is 19.4. The first-order chi connectivity index (χ1) is 10.1. The van der Waals surface area contributed by atoms with Crippen molar-refractivity contribution in [2.24, 2.45) is 0 Å². The molecule has 1 aliphatic heterocycles. The lowest BCUT2D eigenvalue weighted by Crippen LogP contribution is -2.45. The first-order valence-corrected chi connectivity index (χ1v) is 8.26. The first-order valence-electron chi connectivity index (χ1n) is 7.47.